The predicted octanol–water partition coefficient (Wildman–Crippen LogP) is 4.18. The Morgan fingerprint density at radius 1 is 0.939 bits per heavy atom. The van der Waals surface area contributed by atoms with Crippen LogP contribution in [0, 0.1) is 6.92 Å². The van der Waals surface area contributed by atoms with Gasteiger partial charge in [-0.15, -0.1) is 0 Å². The zero-order valence-electron chi connectivity index (χ0n) is 18.9. The maximum atomic E-state index is 13.2. The summed E-state index contributed by atoms with van der Waals surface area (Å²) in [6, 6.07) is 24.6. The molecule has 7 heteroatoms. The van der Waals surface area contributed by atoms with Crippen LogP contribution in [0.1, 0.15) is 27.2 Å². The van der Waals surface area contributed by atoms with Gasteiger partial charge in [0, 0.05) is 38.1 Å². The maximum Gasteiger partial charge on any atom is 0.268 e. The predicted molar refractivity (Wildman–Crippen MR) is 131 cm³/mol. The van der Waals surface area contributed by atoms with Crippen LogP contribution >= 0.6 is 0 Å². The van der Waals surface area contributed by atoms with Crippen molar-refractivity contribution in [3.8, 4) is 0 Å². The molecule has 0 aliphatic carbocycles. The molecule has 1 aromatic heterocycles. The van der Waals surface area contributed by atoms with E-state index in [1.807, 2.05) is 66.1 Å². The average Bonchev–Trinajstić information content (AvgIpc) is 3.16. The monoisotopic (exact) mass is 461 g/mol. The van der Waals surface area contributed by atoms with E-state index in [2.05, 4.69) is 5.32 Å². The van der Waals surface area contributed by atoms with Crippen molar-refractivity contribution >= 4 is 26.8 Å². The number of benzene rings is 3. The highest BCUT2D eigenvalue weighted by molar-refractivity contribution is 7.89. The normalized spacial score (nSPS) is 11.8. The summed E-state index contributed by atoms with van der Waals surface area (Å²) >= 11 is 0. The molecule has 0 unspecified atom stereocenters. The molecule has 4 rings (SSSR count). The van der Waals surface area contributed by atoms with Crippen LogP contribution in [0.15, 0.2) is 83.8 Å². The third-order valence-corrected chi connectivity index (χ3v) is 7.58. The number of hydrogen-bond acceptors (Lipinski definition) is 3. The number of carbonyl (C=O) groups excluding carboxylic acids is 1. The molecular formula is C26H27N3O3S. The van der Waals surface area contributed by atoms with Gasteiger partial charge in [0.05, 0.1) is 4.90 Å². The number of carbonyl (C=O) groups is 1. The van der Waals surface area contributed by atoms with Crippen molar-refractivity contribution in [3.05, 3.63) is 101 Å². The van der Waals surface area contributed by atoms with Gasteiger partial charge >= 0.3 is 0 Å². The Morgan fingerprint density at radius 3 is 2.33 bits per heavy atom. The Bertz CT molecular complexity index is 1410. The van der Waals surface area contributed by atoms with Crippen LogP contribution in [0.2, 0.25) is 0 Å². The molecule has 0 atom stereocenters. The lowest BCUT2D eigenvalue weighted by Gasteiger charge is -2.13. The van der Waals surface area contributed by atoms with Gasteiger partial charge in [-0.3, -0.25) is 4.79 Å². The summed E-state index contributed by atoms with van der Waals surface area (Å²) in [5, 5.41) is 3.72. The molecule has 0 radical (unpaired) electrons. The molecule has 0 fully saturated rings. The van der Waals surface area contributed by atoms with Crippen LogP contribution in [0.25, 0.3) is 10.9 Å². The standard InChI is InChI=1S/C26H27N3O3S/c1-19-9-7-8-12-21(19)17-27-26(30)25-16-22-15-23(33(31,32)28(2)3)13-14-24(22)29(25)18-20-10-5-4-6-11-20/h4-16H,17-18H2,1-3H3,(H,27,30). The molecule has 6 nitrogen and oxygen atoms in total. The van der Waals surface area contributed by atoms with Crippen LogP contribution in [0.3, 0.4) is 0 Å². The summed E-state index contributed by atoms with van der Waals surface area (Å²) in [4.78, 5) is 13.4. The molecule has 4 aromatic rings. The zero-order valence-corrected chi connectivity index (χ0v) is 19.8. The molecule has 1 N–H and O–H groups in total. The Kier molecular flexibility index (Phi) is 6.35. The van der Waals surface area contributed by atoms with Crippen molar-refractivity contribution in [1.82, 2.24) is 14.2 Å². The van der Waals surface area contributed by atoms with Crippen molar-refractivity contribution < 1.29 is 13.2 Å². The number of fused-ring (bicyclic) bond motifs is 1. The second kappa shape index (κ2) is 9.21. The third-order valence-electron chi connectivity index (χ3n) is 5.77. The highest BCUT2D eigenvalue weighted by Crippen LogP contribution is 2.26. The minimum atomic E-state index is -3.58. The molecule has 3 aromatic carbocycles. The Morgan fingerprint density at radius 2 is 1.64 bits per heavy atom. The molecule has 1 heterocycles. The van der Waals surface area contributed by atoms with E-state index in [0.29, 0.717) is 24.2 Å². The fourth-order valence-corrected chi connectivity index (χ4v) is 4.76. The highest BCUT2D eigenvalue weighted by atomic mass is 32.2. The van der Waals surface area contributed by atoms with Crippen molar-refractivity contribution in [2.24, 2.45) is 0 Å². The van der Waals surface area contributed by atoms with Gasteiger partial charge in [0.25, 0.3) is 5.91 Å². The molecular weight excluding hydrogens is 434 g/mol. The first-order valence-corrected chi connectivity index (χ1v) is 12.1. The molecule has 0 aliphatic rings. The van der Waals surface area contributed by atoms with Crippen LogP contribution in [-0.2, 0) is 23.1 Å². The largest absolute Gasteiger partial charge is 0.347 e. The second-order valence-corrected chi connectivity index (χ2v) is 10.4. The van der Waals surface area contributed by atoms with E-state index in [1.54, 1.807) is 24.3 Å². The number of aryl methyl sites for hydroxylation is 1. The van der Waals surface area contributed by atoms with E-state index < -0.39 is 10.0 Å². The van der Waals surface area contributed by atoms with Crippen LogP contribution < -0.4 is 5.32 Å². The lowest BCUT2D eigenvalue weighted by atomic mass is 10.1. The summed E-state index contributed by atoms with van der Waals surface area (Å²) in [5.41, 5.74) is 4.50. The fraction of sp³-hybridized carbons (Fsp3) is 0.192. The van der Waals surface area contributed by atoms with Crippen LogP contribution in [0.5, 0.6) is 0 Å². The molecule has 33 heavy (non-hydrogen) atoms. The quantitative estimate of drug-likeness (QED) is 0.449. The highest BCUT2D eigenvalue weighted by Gasteiger charge is 2.21. The van der Waals surface area contributed by atoms with Crippen LogP contribution in [0.4, 0.5) is 0 Å². The lowest BCUT2D eigenvalue weighted by molar-refractivity contribution is 0.0942. The SMILES string of the molecule is Cc1ccccc1CNC(=O)c1cc2cc(S(=O)(=O)N(C)C)ccc2n1Cc1ccccc1. The molecule has 0 spiro atoms. The van der Waals surface area contributed by atoms with E-state index in [9.17, 15) is 13.2 Å². The van der Waals surface area contributed by atoms with E-state index in [0.717, 1.165) is 22.2 Å². The molecule has 1 amide bonds. The molecule has 170 valence electrons. The van der Waals surface area contributed by atoms with E-state index in [4.69, 9.17) is 0 Å². The molecule has 0 bridgehead atoms. The number of sulfonamides is 1. The van der Waals surface area contributed by atoms with Gasteiger partial charge in [-0.1, -0.05) is 54.6 Å². The average molecular weight is 462 g/mol. The van der Waals surface area contributed by atoms with Crippen molar-refractivity contribution in [3.63, 3.8) is 0 Å². The minimum Gasteiger partial charge on any atom is -0.347 e. The first-order valence-electron chi connectivity index (χ1n) is 10.7. The van der Waals surface area contributed by atoms with Gasteiger partial charge in [-0.05, 0) is 47.9 Å². The van der Waals surface area contributed by atoms with Crippen molar-refractivity contribution in [2.75, 3.05) is 14.1 Å². The third kappa shape index (κ3) is 4.69. The van der Waals surface area contributed by atoms with E-state index >= 15 is 0 Å². The zero-order chi connectivity index (χ0) is 23.6. The van der Waals surface area contributed by atoms with E-state index in [1.165, 1.54) is 18.4 Å². The van der Waals surface area contributed by atoms with Gasteiger partial charge in [-0.2, -0.15) is 0 Å². The Balaban J connectivity index is 1.75. The molecule has 0 saturated heterocycles. The van der Waals surface area contributed by atoms with Gasteiger partial charge in [0.15, 0.2) is 0 Å². The topological polar surface area (TPSA) is 71.4 Å². The van der Waals surface area contributed by atoms with Gasteiger partial charge < -0.3 is 9.88 Å². The smallest absolute Gasteiger partial charge is 0.268 e. The lowest BCUT2D eigenvalue weighted by Crippen LogP contribution is -2.26. The first kappa shape index (κ1) is 22.8. The number of aromatic nitrogens is 1. The molecule has 0 saturated carbocycles. The molecule has 0 aliphatic heterocycles. The number of nitrogens with zero attached hydrogens (tertiary/aromatic N) is 2. The summed E-state index contributed by atoms with van der Waals surface area (Å²) in [6.07, 6.45) is 0. The number of nitrogens with one attached hydrogen (secondary N) is 1. The van der Waals surface area contributed by atoms with Crippen molar-refractivity contribution in [2.45, 2.75) is 24.9 Å². The first-order chi connectivity index (χ1) is 15.8. The summed E-state index contributed by atoms with van der Waals surface area (Å²) in [5.74, 6) is -0.206. The maximum absolute atomic E-state index is 13.2. The number of amides is 1. The summed E-state index contributed by atoms with van der Waals surface area (Å²) < 4.78 is 28.4. The number of rotatable bonds is 7. The fourth-order valence-electron chi connectivity index (χ4n) is 3.82. The van der Waals surface area contributed by atoms with Gasteiger partial charge in [0.1, 0.15) is 5.69 Å². The Hall–Kier alpha value is -3.42. The van der Waals surface area contributed by atoms with Crippen molar-refractivity contribution in [1.29, 1.82) is 0 Å². The Labute approximate surface area is 194 Å². The van der Waals surface area contributed by atoms with E-state index in [-0.39, 0.29) is 10.8 Å². The van der Waals surface area contributed by atoms with Gasteiger partial charge in [0.2, 0.25) is 10.0 Å². The summed E-state index contributed by atoms with van der Waals surface area (Å²) in [7, 11) is -0.570. The number of hydrogen-bond donors (Lipinski definition) is 1. The summed E-state index contributed by atoms with van der Waals surface area (Å²) in [6.45, 7) is 2.93. The van der Waals surface area contributed by atoms with Gasteiger partial charge in [-0.25, -0.2) is 12.7 Å². The van der Waals surface area contributed by atoms with Crippen LogP contribution in [-0.4, -0.2) is 37.3 Å². The minimum absolute atomic E-state index is 0.198. The second-order valence-electron chi connectivity index (χ2n) is 8.22.